The highest BCUT2D eigenvalue weighted by Gasteiger charge is 2.58. The Morgan fingerprint density at radius 3 is 2.50 bits per heavy atom. The molecule has 2 unspecified atom stereocenters. The highest BCUT2D eigenvalue weighted by Crippen LogP contribution is 2.64. The van der Waals surface area contributed by atoms with Crippen LogP contribution in [0, 0.1) is 5.41 Å². The number of carbonyl (C=O) groups excluding carboxylic acids is 2. The lowest BCUT2D eigenvalue weighted by atomic mass is 9.83. The Hall–Kier alpha value is -2.82. The molecule has 28 heavy (non-hydrogen) atoms. The third kappa shape index (κ3) is 3.61. The van der Waals surface area contributed by atoms with Gasteiger partial charge in [-0.15, -0.1) is 0 Å². The van der Waals surface area contributed by atoms with Gasteiger partial charge in [0.25, 0.3) is 0 Å². The first-order valence-corrected chi connectivity index (χ1v) is 9.84. The van der Waals surface area contributed by atoms with E-state index in [4.69, 9.17) is 9.47 Å². The number of benzene rings is 2. The summed E-state index contributed by atoms with van der Waals surface area (Å²) in [4.78, 5) is 25.3. The van der Waals surface area contributed by atoms with Crippen LogP contribution >= 0.6 is 0 Å². The zero-order valence-electron chi connectivity index (χ0n) is 16.0. The van der Waals surface area contributed by atoms with Crippen molar-refractivity contribution in [3.8, 4) is 0 Å². The number of esters is 1. The maximum absolute atomic E-state index is 12.8. The molecule has 2 aromatic rings. The summed E-state index contributed by atoms with van der Waals surface area (Å²) in [6, 6.07) is 16.9. The molecule has 4 rings (SSSR count). The zero-order valence-corrected chi connectivity index (χ0v) is 16.0. The summed E-state index contributed by atoms with van der Waals surface area (Å²) in [5.74, 6) is -0.473. The highest BCUT2D eigenvalue weighted by atomic mass is 16.6. The average Bonchev–Trinajstić information content (AvgIpc) is 3.39. The Kier molecular flexibility index (Phi) is 5.07. The number of alkyl carbamates (subject to hydrolysis) is 1. The van der Waals surface area contributed by atoms with Gasteiger partial charge in [-0.05, 0) is 48.3 Å². The molecule has 1 saturated carbocycles. The maximum Gasteiger partial charge on any atom is 0.408 e. The SMILES string of the molecule is CCOC(=O)C(NC(=O)OCc1ccccc1)C1c2ccccc2CC12CC2. The quantitative estimate of drug-likeness (QED) is 0.772. The van der Waals surface area contributed by atoms with Gasteiger partial charge in [-0.3, -0.25) is 0 Å². The van der Waals surface area contributed by atoms with Crippen molar-refractivity contribution in [2.24, 2.45) is 5.41 Å². The van der Waals surface area contributed by atoms with E-state index in [1.54, 1.807) is 6.92 Å². The molecule has 0 saturated heterocycles. The van der Waals surface area contributed by atoms with Crippen LogP contribution in [0.5, 0.6) is 0 Å². The molecule has 2 aliphatic carbocycles. The average molecular weight is 379 g/mol. The zero-order chi connectivity index (χ0) is 19.6. The minimum absolute atomic E-state index is 0.0494. The first-order valence-electron chi connectivity index (χ1n) is 9.84. The van der Waals surface area contributed by atoms with Crippen LogP contribution in [0.1, 0.15) is 42.4 Å². The summed E-state index contributed by atoms with van der Waals surface area (Å²) >= 11 is 0. The van der Waals surface area contributed by atoms with Crippen molar-refractivity contribution in [3.05, 3.63) is 71.3 Å². The highest BCUT2D eigenvalue weighted by molar-refractivity contribution is 5.83. The summed E-state index contributed by atoms with van der Waals surface area (Å²) in [6.45, 7) is 2.21. The summed E-state index contributed by atoms with van der Waals surface area (Å²) in [5.41, 5.74) is 3.35. The minimum atomic E-state index is -0.741. The molecule has 2 aromatic carbocycles. The number of rotatable bonds is 6. The fourth-order valence-corrected chi connectivity index (χ4v) is 4.40. The third-order valence-electron chi connectivity index (χ3n) is 5.84. The summed E-state index contributed by atoms with van der Waals surface area (Å²) in [6.07, 6.45) is 2.47. The molecule has 0 radical (unpaired) electrons. The molecule has 0 bridgehead atoms. The monoisotopic (exact) mass is 379 g/mol. The second-order valence-electron chi connectivity index (χ2n) is 7.65. The lowest BCUT2D eigenvalue weighted by Crippen LogP contribution is -2.47. The molecule has 1 fully saturated rings. The van der Waals surface area contributed by atoms with Crippen LogP contribution in [0.3, 0.4) is 0 Å². The van der Waals surface area contributed by atoms with E-state index in [1.165, 1.54) is 5.56 Å². The Morgan fingerprint density at radius 1 is 1.07 bits per heavy atom. The molecule has 1 N–H and O–H groups in total. The van der Waals surface area contributed by atoms with Gasteiger partial charge in [-0.2, -0.15) is 0 Å². The molecule has 2 atom stereocenters. The molecule has 1 amide bonds. The van der Waals surface area contributed by atoms with Gasteiger partial charge >= 0.3 is 12.1 Å². The normalized spacial score (nSPS) is 19.5. The number of nitrogens with one attached hydrogen (secondary N) is 1. The van der Waals surface area contributed by atoms with Gasteiger partial charge in [0.05, 0.1) is 6.61 Å². The fourth-order valence-electron chi connectivity index (χ4n) is 4.40. The second-order valence-corrected chi connectivity index (χ2v) is 7.65. The number of hydrogen-bond donors (Lipinski definition) is 1. The van der Waals surface area contributed by atoms with Crippen molar-refractivity contribution in [2.75, 3.05) is 6.61 Å². The van der Waals surface area contributed by atoms with Crippen molar-refractivity contribution in [2.45, 2.75) is 44.8 Å². The Balaban J connectivity index is 1.53. The summed E-state index contributed by atoms with van der Waals surface area (Å²) in [5, 5.41) is 2.81. The fraction of sp³-hybridized carbons (Fsp3) is 0.391. The van der Waals surface area contributed by atoms with Crippen molar-refractivity contribution < 1.29 is 19.1 Å². The van der Waals surface area contributed by atoms with Crippen LogP contribution < -0.4 is 5.32 Å². The van der Waals surface area contributed by atoms with Gasteiger partial charge in [0.1, 0.15) is 12.6 Å². The summed E-state index contributed by atoms with van der Waals surface area (Å²) < 4.78 is 10.7. The minimum Gasteiger partial charge on any atom is -0.464 e. The van der Waals surface area contributed by atoms with E-state index in [0.717, 1.165) is 30.4 Å². The largest absolute Gasteiger partial charge is 0.464 e. The predicted octanol–water partition coefficient (Wildman–Crippen LogP) is 3.96. The number of carbonyl (C=O) groups is 2. The summed E-state index contributed by atoms with van der Waals surface area (Å²) in [7, 11) is 0. The number of ether oxygens (including phenoxy) is 2. The number of hydrogen-bond acceptors (Lipinski definition) is 4. The van der Waals surface area contributed by atoms with E-state index in [-0.39, 0.29) is 24.5 Å². The Labute approximate surface area is 165 Å². The first kappa shape index (κ1) is 18.5. The molecular formula is C23H25NO4. The number of amides is 1. The van der Waals surface area contributed by atoms with Crippen molar-refractivity contribution in [3.63, 3.8) is 0 Å². The standard InChI is InChI=1S/C23H25NO4/c1-2-27-21(25)20(24-22(26)28-15-16-8-4-3-5-9-16)19-18-11-7-6-10-17(18)14-23(19)12-13-23/h3-11,19-20H,2,12-15H2,1H3,(H,24,26). The van der Waals surface area contributed by atoms with E-state index in [2.05, 4.69) is 17.4 Å². The van der Waals surface area contributed by atoms with Crippen LogP contribution in [0.15, 0.2) is 54.6 Å². The van der Waals surface area contributed by atoms with Crippen LogP contribution in [0.4, 0.5) is 4.79 Å². The van der Waals surface area contributed by atoms with E-state index in [9.17, 15) is 9.59 Å². The Morgan fingerprint density at radius 2 is 1.79 bits per heavy atom. The van der Waals surface area contributed by atoms with Gasteiger partial charge in [-0.1, -0.05) is 54.6 Å². The van der Waals surface area contributed by atoms with Gasteiger partial charge in [-0.25, -0.2) is 9.59 Å². The molecular weight excluding hydrogens is 354 g/mol. The van der Waals surface area contributed by atoms with Gasteiger partial charge in [0, 0.05) is 5.92 Å². The van der Waals surface area contributed by atoms with Gasteiger partial charge in [0.2, 0.25) is 0 Å². The van der Waals surface area contributed by atoms with E-state index in [1.807, 2.05) is 42.5 Å². The smallest absolute Gasteiger partial charge is 0.408 e. The molecule has 0 aromatic heterocycles. The van der Waals surface area contributed by atoms with Gasteiger partial charge < -0.3 is 14.8 Å². The van der Waals surface area contributed by atoms with Crippen molar-refractivity contribution in [1.82, 2.24) is 5.32 Å². The van der Waals surface area contributed by atoms with E-state index < -0.39 is 18.1 Å². The second kappa shape index (κ2) is 7.66. The topological polar surface area (TPSA) is 64.6 Å². The van der Waals surface area contributed by atoms with Crippen LogP contribution in [0.25, 0.3) is 0 Å². The molecule has 1 spiro atoms. The predicted molar refractivity (Wildman–Crippen MR) is 105 cm³/mol. The number of fused-ring (bicyclic) bond motifs is 1. The van der Waals surface area contributed by atoms with Crippen LogP contribution in [0.2, 0.25) is 0 Å². The van der Waals surface area contributed by atoms with Crippen LogP contribution in [-0.2, 0) is 27.3 Å². The lowest BCUT2D eigenvalue weighted by molar-refractivity contribution is -0.146. The molecule has 0 heterocycles. The molecule has 0 aliphatic heterocycles. The lowest BCUT2D eigenvalue weighted by Gasteiger charge is -2.28. The Bertz CT molecular complexity index is 860. The van der Waals surface area contributed by atoms with Crippen molar-refractivity contribution in [1.29, 1.82) is 0 Å². The molecule has 5 heteroatoms. The molecule has 5 nitrogen and oxygen atoms in total. The maximum atomic E-state index is 12.8. The van der Waals surface area contributed by atoms with E-state index in [0.29, 0.717) is 0 Å². The van der Waals surface area contributed by atoms with Crippen LogP contribution in [-0.4, -0.2) is 24.7 Å². The first-order chi connectivity index (χ1) is 13.6. The molecule has 146 valence electrons. The van der Waals surface area contributed by atoms with Gasteiger partial charge in [0.15, 0.2) is 0 Å². The third-order valence-corrected chi connectivity index (χ3v) is 5.84. The van der Waals surface area contributed by atoms with Crippen molar-refractivity contribution >= 4 is 12.1 Å². The van der Waals surface area contributed by atoms with E-state index >= 15 is 0 Å². The molecule has 2 aliphatic rings.